The molecule has 0 spiro atoms. The lowest BCUT2D eigenvalue weighted by Gasteiger charge is -2.18. The SMILES string of the molecule is CC(C)n1cc(Br)cc1C(=O)N[C@H](CO)c1ccccc1. The van der Waals surface area contributed by atoms with Gasteiger partial charge in [0.15, 0.2) is 0 Å². The lowest BCUT2D eigenvalue weighted by atomic mass is 10.1. The molecule has 1 heterocycles. The van der Waals surface area contributed by atoms with Gasteiger partial charge < -0.3 is 15.0 Å². The summed E-state index contributed by atoms with van der Waals surface area (Å²) in [6.07, 6.45) is 1.88. The smallest absolute Gasteiger partial charge is 0.268 e. The van der Waals surface area contributed by atoms with Crippen LogP contribution in [0, 0.1) is 0 Å². The number of benzene rings is 1. The minimum atomic E-state index is -0.409. The zero-order valence-corrected chi connectivity index (χ0v) is 13.7. The van der Waals surface area contributed by atoms with Crippen molar-refractivity contribution in [3.8, 4) is 0 Å². The molecule has 0 saturated carbocycles. The van der Waals surface area contributed by atoms with E-state index in [0.717, 1.165) is 10.0 Å². The molecule has 1 aromatic heterocycles. The number of carbonyl (C=O) groups is 1. The zero-order valence-electron chi connectivity index (χ0n) is 12.1. The Morgan fingerprint density at radius 1 is 1.33 bits per heavy atom. The van der Waals surface area contributed by atoms with Crippen LogP contribution in [0.1, 0.15) is 42.0 Å². The first-order valence-corrected chi connectivity index (χ1v) is 7.66. The van der Waals surface area contributed by atoms with E-state index >= 15 is 0 Å². The Morgan fingerprint density at radius 2 is 2.00 bits per heavy atom. The molecule has 0 radical (unpaired) electrons. The highest BCUT2D eigenvalue weighted by Crippen LogP contribution is 2.20. The minimum Gasteiger partial charge on any atom is -0.394 e. The van der Waals surface area contributed by atoms with Gasteiger partial charge in [-0.05, 0) is 41.4 Å². The quantitative estimate of drug-likeness (QED) is 0.869. The summed E-state index contributed by atoms with van der Waals surface area (Å²) in [4.78, 5) is 12.5. The van der Waals surface area contributed by atoms with Gasteiger partial charge in [0.2, 0.25) is 0 Å². The molecule has 0 saturated heterocycles. The van der Waals surface area contributed by atoms with Crippen molar-refractivity contribution in [1.29, 1.82) is 0 Å². The van der Waals surface area contributed by atoms with Gasteiger partial charge in [0, 0.05) is 16.7 Å². The molecule has 5 heteroatoms. The van der Waals surface area contributed by atoms with Crippen LogP contribution in [0.3, 0.4) is 0 Å². The predicted molar refractivity (Wildman–Crippen MR) is 86.3 cm³/mol. The fraction of sp³-hybridized carbons (Fsp3) is 0.312. The van der Waals surface area contributed by atoms with Crippen LogP contribution < -0.4 is 5.32 Å². The van der Waals surface area contributed by atoms with E-state index in [2.05, 4.69) is 21.2 Å². The summed E-state index contributed by atoms with van der Waals surface area (Å²) in [6, 6.07) is 11.0. The molecule has 0 aliphatic heterocycles. The van der Waals surface area contributed by atoms with E-state index in [1.165, 1.54) is 0 Å². The molecule has 2 N–H and O–H groups in total. The molecule has 1 atom stereocenters. The van der Waals surface area contributed by atoms with Gasteiger partial charge in [0.05, 0.1) is 12.6 Å². The largest absolute Gasteiger partial charge is 0.394 e. The van der Waals surface area contributed by atoms with Crippen LogP contribution in [0.5, 0.6) is 0 Å². The summed E-state index contributed by atoms with van der Waals surface area (Å²) in [5.41, 5.74) is 1.46. The van der Waals surface area contributed by atoms with Crippen molar-refractivity contribution in [2.24, 2.45) is 0 Å². The summed E-state index contributed by atoms with van der Waals surface area (Å²) >= 11 is 3.40. The van der Waals surface area contributed by atoms with Gasteiger partial charge in [-0.25, -0.2) is 0 Å². The lowest BCUT2D eigenvalue weighted by molar-refractivity contribution is 0.0905. The van der Waals surface area contributed by atoms with Gasteiger partial charge in [-0.15, -0.1) is 0 Å². The molecule has 0 unspecified atom stereocenters. The molecule has 112 valence electrons. The third kappa shape index (κ3) is 3.74. The van der Waals surface area contributed by atoms with Gasteiger partial charge in [-0.2, -0.15) is 0 Å². The summed E-state index contributed by atoms with van der Waals surface area (Å²) in [5.74, 6) is -0.197. The lowest BCUT2D eigenvalue weighted by Crippen LogP contribution is -2.32. The molecule has 2 aromatic rings. The molecule has 0 bridgehead atoms. The Morgan fingerprint density at radius 3 is 2.57 bits per heavy atom. The number of nitrogens with zero attached hydrogens (tertiary/aromatic N) is 1. The highest BCUT2D eigenvalue weighted by atomic mass is 79.9. The summed E-state index contributed by atoms with van der Waals surface area (Å²) in [5, 5.41) is 12.4. The molecular formula is C16H19BrN2O2. The van der Waals surface area contributed by atoms with Gasteiger partial charge in [0.25, 0.3) is 5.91 Å². The number of halogens is 1. The summed E-state index contributed by atoms with van der Waals surface area (Å²) in [7, 11) is 0. The second kappa shape index (κ2) is 6.91. The van der Waals surface area contributed by atoms with E-state index in [9.17, 15) is 9.90 Å². The Labute approximate surface area is 132 Å². The fourth-order valence-corrected chi connectivity index (χ4v) is 2.64. The molecule has 0 aliphatic carbocycles. The van der Waals surface area contributed by atoms with E-state index in [-0.39, 0.29) is 18.6 Å². The van der Waals surface area contributed by atoms with Crippen molar-refractivity contribution >= 4 is 21.8 Å². The van der Waals surface area contributed by atoms with Crippen LogP contribution in [-0.2, 0) is 0 Å². The first-order valence-electron chi connectivity index (χ1n) is 6.87. The van der Waals surface area contributed by atoms with E-state index in [4.69, 9.17) is 0 Å². The monoisotopic (exact) mass is 350 g/mol. The molecule has 1 amide bonds. The Kier molecular flexibility index (Phi) is 5.20. The van der Waals surface area contributed by atoms with Crippen molar-refractivity contribution in [3.63, 3.8) is 0 Å². The maximum Gasteiger partial charge on any atom is 0.268 e. The number of hydrogen-bond acceptors (Lipinski definition) is 2. The Bertz CT molecular complexity index is 608. The topological polar surface area (TPSA) is 54.3 Å². The third-order valence-corrected chi connectivity index (χ3v) is 3.73. The number of hydrogen-bond donors (Lipinski definition) is 2. The van der Waals surface area contributed by atoms with E-state index < -0.39 is 6.04 Å². The highest BCUT2D eigenvalue weighted by molar-refractivity contribution is 9.10. The minimum absolute atomic E-state index is 0.140. The molecule has 4 nitrogen and oxygen atoms in total. The molecular weight excluding hydrogens is 332 g/mol. The van der Waals surface area contributed by atoms with Gasteiger partial charge in [-0.1, -0.05) is 30.3 Å². The van der Waals surface area contributed by atoms with Crippen molar-refractivity contribution in [3.05, 3.63) is 58.3 Å². The van der Waals surface area contributed by atoms with Crippen LogP contribution in [-0.4, -0.2) is 22.2 Å². The second-order valence-electron chi connectivity index (χ2n) is 5.16. The third-order valence-electron chi connectivity index (χ3n) is 3.29. The number of amides is 1. The van der Waals surface area contributed by atoms with Crippen LogP contribution >= 0.6 is 15.9 Å². The average molecular weight is 351 g/mol. The Balaban J connectivity index is 2.21. The van der Waals surface area contributed by atoms with Gasteiger partial charge in [0.1, 0.15) is 5.69 Å². The number of aromatic nitrogens is 1. The van der Waals surface area contributed by atoms with E-state index in [0.29, 0.717) is 5.69 Å². The van der Waals surface area contributed by atoms with Crippen molar-refractivity contribution in [1.82, 2.24) is 9.88 Å². The van der Waals surface area contributed by atoms with E-state index in [1.807, 2.05) is 54.9 Å². The first kappa shape index (κ1) is 15.8. The van der Waals surface area contributed by atoms with Crippen LogP contribution in [0.4, 0.5) is 0 Å². The normalized spacial score (nSPS) is 12.4. The molecule has 1 aromatic carbocycles. The first-order chi connectivity index (χ1) is 10.0. The maximum atomic E-state index is 12.5. The number of rotatable bonds is 5. The average Bonchev–Trinajstić information content (AvgIpc) is 2.88. The number of nitrogens with one attached hydrogen (secondary N) is 1. The second-order valence-corrected chi connectivity index (χ2v) is 6.08. The standard InChI is InChI=1S/C16H19BrN2O2/c1-11(2)19-9-13(17)8-15(19)16(21)18-14(10-20)12-6-4-3-5-7-12/h3-9,11,14,20H,10H2,1-2H3,(H,18,21)/t14-/m1/s1. The molecule has 0 aliphatic rings. The number of aliphatic hydroxyl groups is 1. The Hall–Kier alpha value is -1.59. The maximum absolute atomic E-state index is 12.5. The summed E-state index contributed by atoms with van der Waals surface area (Å²) in [6.45, 7) is 3.90. The molecule has 2 rings (SSSR count). The zero-order chi connectivity index (χ0) is 15.4. The predicted octanol–water partition coefficient (Wildman–Crippen LogP) is 3.29. The van der Waals surface area contributed by atoms with Crippen molar-refractivity contribution in [2.45, 2.75) is 25.9 Å². The van der Waals surface area contributed by atoms with Crippen LogP contribution in [0.25, 0.3) is 0 Å². The number of carbonyl (C=O) groups excluding carboxylic acids is 1. The molecule has 21 heavy (non-hydrogen) atoms. The number of aliphatic hydroxyl groups excluding tert-OH is 1. The van der Waals surface area contributed by atoms with Gasteiger partial charge in [-0.3, -0.25) is 4.79 Å². The van der Waals surface area contributed by atoms with Gasteiger partial charge >= 0.3 is 0 Å². The van der Waals surface area contributed by atoms with Crippen molar-refractivity contribution in [2.75, 3.05) is 6.61 Å². The van der Waals surface area contributed by atoms with Crippen molar-refractivity contribution < 1.29 is 9.90 Å². The van der Waals surface area contributed by atoms with Crippen LogP contribution in [0.2, 0.25) is 0 Å². The van der Waals surface area contributed by atoms with Crippen LogP contribution in [0.15, 0.2) is 47.1 Å². The van der Waals surface area contributed by atoms with E-state index in [1.54, 1.807) is 6.07 Å². The fourth-order valence-electron chi connectivity index (χ4n) is 2.21. The molecule has 0 fully saturated rings. The highest BCUT2D eigenvalue weighted by Gasteiger charge is 2.19. The summed E-state index contributed by atoms with van der Waals surface area (Å²) < 4.78 is 2.76.